The zero-order valence-electron chi connectivity index (χ0n) is 15.5. The largest absolute Gasteiger partial charge is 0.494 e. The molecule has 5 nitrogen and oxygen atoms in total. The van der Waals surface area contributed by atoms with Crippen molar-refractivity contribution in [1.82, 2.24) is 16.2 Å². The molecule has 2 atom stereocenters. The van der Waals surface area contributed by atoms with Crippen LogP contribution in [0.3, 0.4) is 0 Å². The average molecular weight is 388 g/mol. The fourth-order valence-corrected chi connectivity index (χ4v) is 3.34. The number of carbonyl (C=O) groups excluding carboxylic acids is 1. The summed E-state index contributed by atoms with van der Waals surface area (Å²) in [6, 6.07) is 15.4. The Labute approximate surface area is 165 Å². The van der Waals surface area contributed by atoms with Gasteiger partial charge in [0.2, 0.25) is 5.91 Å². The Morgan fingerprint density at radius 2 is 2.07 bits per heavy atom. The highest BCUT2D eigenvalue weighted by Gasteiger charge is 2.33. The van der Waals surface area contributed by atoms with Crippen LogP contribution in [0.1, 0.15) is 36.9 Å². The van der Waals surface area contributed by atoms with Gasteiger partial charge in [-0.2, -0.15) is 0 Å². The van der Waals surface area contributed by atoms with Crippen molar-refractivity contribution in [3.63, 3.8) is 0 Å². The Kier molecular flexibility index (Phi) is 7.10. The number of benzene rings is 2. The molecule has 1 heterocycles. The number of carbonyl (C=O) groups is 1. The summed E-state index contributed by atoms with van der Waals surface area (Å²) in [5.74, 6) is 0.692. The standard InChI is InChI=1S/C21H26ClN3O2/c1-2-3-11-27-18-9-7-16(8-10-18)20-19(14-24-25-20)21(26)23-13-15-5-4-6-17(22)12-15/h4-10,12,19-20,24-25H,2-3,11,13-14H2,1H3,(H,23,26). The first-order valence-corrected chi connectivity index (χ1v) is 9.78. The molecule has 0 aliphatic carbocycles. The van der Waals surface area contributed by atoms with Crippen LogP contribution in [0.5, 0.6) is 5.75 Å². The van der Waals surface area contributed by atoms with Crippen LogP contribution in [0.4, 0.5) is 0 Å². The van der Waals surface area contributed by atoms with Gasteiger partial charge >= 0.3 is 0 Å². The molecule has 0 spiro atoms. The van der Waals surface area contributed by atoms with Crippen molar-refractivity contribution in [1.29, 1.82) is 0 Å². The zero-order valence-corrected chi connectivity index (χ0v) is 16.3. The fraction of sp³-hybridized carbons (Fsp3) is 0.381. The van der Waals surface area contributed by atoms with Crippen molar-refractivity contribution in [2.45, 2.75) is 32.4 Å². The third-order valence-electron chi connectivity index (χ3n) is 4.68. The molecule has 1 saturated heterocycles. The van der Waals surface area contributed by atoms with Gasteiger partial charge in [0, 0.05) is 18.1 Å². The van der Waals surface area contributed by atoms with Crippen LogP contribution in [0.2, 0.25) is 5.02 Å². The molecular weight excluding hydrogens is 362 g/mol. The smallest absolute Gasteiger partial charge is 0.226 e. The summed E-state index contributed by atoms with van der Waals surface area (Å²) in [7, 11) is 0. The quantitative estimate of drug-likeness (QED) is 0.605. The van der Waals surface area contributed by atoms with E-state index in [2.05, 4.69) is 23.1 Å². The molecule has 0 saturated carbocycles. The first-order valence-electron chi connectivity index (χ1n) is 9.40. The second-order valence-electron chi connectivity index (χ2n) is 6.73. The highest BCUT2D eigenvalue weighted by molar-refractivity contribution is 6.30. The summed E-state index contributed by atoms with van der Waals surface area (Å²) < 4.78 is 5.71. The predicted molar refractivity (Wildman–Crippen MR) is 108 cm³/mol. The van der Waals surface area contributed by atoms with Crippen molar-refractivity contribution in [2.24, 2.45) is 5.92 Å². The summed E-state index contributed by atoms with van der Waals surface area (Å²) in [6.45, 7) is 3.92. The first-order chi connectivity index (χ1) is 13.2. The van der Waals surface area contributed by atoms with Crippen LogP contribution in [-0.2, 0) is 11.3 Å². The highest BCUT2D eigenvalue weighted by atomic mass is 35.5. The lowest BCUT2D eigenvalue weighted by Gasteiger charge is -2.19. The number of halogens is 1. The fourth-order valence-electron chi connectivity index (χ4n) is 3.13. The Morgan fingerprint density at radius 1 is 1.26 bits per heavy atom. The van der Waals surface area contributed by atoms with Gasteiger partial charge in [0.15, 0.2) is 0 Å². The molecule has 1 aliphatic heterocycles. The molecule has 3 N–H and O–H groups in total. The first kappa shape index (κ1) is 19.7. The molecule has 0 bridgehead atoms. The maximum Gasteiger partial charge on any atom is 0.226 e. The second kappa shape index (κ2) is 9.74. The summed E-state index contributed by atoms with van der Waals surface area (Å²) >= 11 is 6.00. The monoisotopic (exact) mass is 387 g/mol. The van der Waals surface area contributed by atoms with E-state index >= 15 is 0 Å². The Morgan fingerprint density at radius 3 is 2.81 bits per heavy atom. The number of hydrogen-bond donors (Lipinski definition) is 3. The molecule has 1 amide bonds. The minimum atomic E-state index is -0.184. The van der Waals surface area contributed by atoms with Crippen LogP contribution in [0.15, 0.2) is 48.5 Å². The van der Waals surface area contributed by atoms with E-state index in [0.29, 0.717) is 18.1 Å². The third-order valence-corrected chi connectivity index (χ3v) is 4.92. The van der Waals surface area contributed by atoms with Crippen molar-refractivity contribution < 1.29 is 9.53 Å². The van der Waals surface area contributed by atoms with Crippen LogP contribution in [0.25, 0.3) is 0 Å². The molecule has 1 fully saturated rings. The maximum atomic E-state index is 12.7. The number of rotatable bonds is 8. The van der Waals surface area contributed by atoms with Gasteiger partial charge in [-0.15, -0.1) is 0 Å². The molecule has 1 aliphatic rings. The molecule has 2 unspecified atom stereocenters. The SMILES string of the molecule is CCCCOc1ccc(C2NNCC2C(=O)NCc2cccc(Cl)c2)cc1. The molecule has 3 rings (SSSR count). The van der Waals surface area contributed by atoms with Crippen molar-refractivity contribution in [3.8, 4) is 5.75 Å². The minimum absolute atomic E-state index is 0.0146. The van der Waals surface area contributed by atoms with Crippen LogP contribution >= 0.6 is 11.6 Å². The van der Waals surface area contributed by atoms with E-state index in [4.69, 9.17) is 16.3 Å². The predicted octanol–water partition coefficient (Wildman–Crippen LogP) is 3.60. The van der Waals surface area contributed by atoms with Crippen molar-refractivity contribution >= 4 is 17.5 Å². The van der Waals surface area contributed by atoms with E-state index in [1.807, 2.05) is 48.5 Å². The summed E-state index contributed by atoms with van der Waals surface area (Å²) in [4.78, 5) is 12.7. The molecule has 144 valence electrons. The van der Waals surface area contributed by atoms with Crippen molar-refractivity contribution in [2.75, 3.05) is 13.2 Å². The van der Waals surface area contributed by atoms with E-state index in [1.165, 1.54) is 0 Å². The number of amides is 1. The summed E-state index contributed by atoms with van der Waals surface area (Å²) in [5.41, 5.74) is 8.36. The van der Waals surface area contributed by atoms with Gasteiger partial charge in [0.05, 0.1) is 18.6 Å². The number of hydrogen-bond acceptors (Lipinski definition) is 4. The summed E-state index contributed by atoms with van der Waals surface area (Å²) in [6.07, 6.45) is 2.16. The zero-order chi connectivity index (χ0) is 19.1. The lowest BCUT2D eigenvalue weighted by molar-refractivity contribution is -0.125. The molecule has 27 heavy (non-hydrogen) atoms. The third kappa shape index (κ3) is 5.45. The van der Waals surface area contributed by atoms with Gasteiger partial charge in [0.1, 0.15) is 5.75 Å². The van der Waals surface area contributed by atoms with Crippen molar-refractivity contribution in [3.05, 3.63) is 64.7 Å². The van der Waals surface area contributed by atoms with E-state index in [9.17, 15) is 4.79 Å². The molecular formula is C21H26ClN3O2. The number of ether oxygens (including phenoxy) is 1. The van der Waals surface area contributed by atoms with E-state index in [0.717, 1.165) is 36.3 Å². The normalized spacial score (nSPS) is 19.0. The molecule has 2 aromatic carbocycles. The van der Waals surface area contributed by atoms with E-state index < -0.39 is 0 Å². The van der Waals surface area contributed by atoms with Gasteiger partial charge < -0.3 is 10.1 Å². The van der Waals surface area contributed by atoms with Gasteiger partial charge in [-0.05, 0) is 41.8 Å². The average Bonchev–Trinajstić information content (AvgIpc) is 3.17. The minimum Gasteiger partial charge on any atom is -0.494 e. The van der Waals surface area contributed by atoms with Crippen LogP contribution < -0.4 is 20.9 Å². The number of hydrazine groups is 1. The van der Waals surface area contributed by atoms with E-state index in [1.54, 1.807) is 0 Å². The molecule has 0 radical (unpaired) electrons. The van der Waals surface area contributed by atoms with E-state index in [-0.39, 0.29) is 17.9 Å². The Hall–Kier alpha value is -2.08. The lowest BCUT2D eigenvalue weighted by atomic mass is 9.94. The second-order valence-corrected chi connectivity index (χ2v) is 7.16. The topological polar surface area (TPSA) is 62.4 Å². The highest BCUT2D eigenvalue weighted by Crippen LogP contribution is 2.27. The Balaban J connectivity index is 1.58. The molecule has 6 heteroatoms. The van der Waals surface area contributed by atoms with Gasteiger partial charge in [-0.1, -0.05) is 49.2 Å². The van der Waals surface area contributed by atoms with Gasteiger partial charge in [0.25, 0.3) is 0 Å². The Bertz CT molecular complexity index is 751. The van der Waals surface area contributed by atoms with Crippen LogP contribution in [0, 0.1) is 5.92 Å². The van der Waals surface area contributed by atoms with Crippen LogP contribution in [-0.4, -0.2) is 19.1 Å². The lowest BCUT2D eigenvalue weighted by Crippen LogP contribution is -2.34. The maximum absolute atomic E-state index is 12.7. The molecule has 2 aromatic rings. The van der Waals surface area contributed by atoms with Gasteiger partial charge in [-0.25, -0.2) is 5.43 Å². The number of unbranched alkanes of at least 4 members (excludes halogenated alkanes) is 1. The molecule has 0 aromatic heterocycles. The van der Waals surface area contributed by atoms with Gasteiger partial charge in [-0.3, -0.25) is 10.2 Å². The summed E-state index contributed by atoms with van der Waals surface area (Å²) in [5, 5.41) is 3.68. The number of nitrogens with one attached hydrogen (secondary N) is 3.